The predicted octanol–water partition coefficient (Wildman–Crippen LogP) is 3.37. The Kier molecular flexibility index (Phi) is 3.72. The number of aromatic nitrogens is 2. The van der Waals surface area contributed by atoms with Crippen molar-refractivity contribution in [3.05, 3.63) is 23.9 Å². The van der Waals surface area contributed by atoms with Gasteiger partial charge >= 0.3 is 5.97 Å². The third kappa shape index (κ3) is 2.63. The van der Waals surface area contributed by atoms with Gasteiger partial charge in [0.1, 0.15) is 0 Å². The third-order valence-corrected chi connectivity index (χ3v) is 4.38. The molecule has 0 amide bonds. The van der Waals surface area contributed by atoms with Crippen LogP contribution in [0.4, 0.5) is 14.5 Å². The largest absolute Gasteiger partial charge is 0.481 e. The smallest absolute Gasteiger partial charge is 0.306 e. The number of hydrogen-bond acceptors (Lipinski definition) is 3. The molecule has 0 unspecified atom stereocenters. The first-order chi connectivity index (χ1) is 10.5. The first-order valence-electron chi connectivity index (χ1n) is 7.25. The highest BCUT2D eigenvalue weighted by atomic mass is 19.3. The van der Waals surface area contributed by atoms with Crippen molar-refractivity contribution in [2.75, 3.05) is 5.73 Å². The lowest BCUT2D eigenvalue weighted by molar-refractivity contribution is -0.143. The molecule has 1 saturated carbocycles. The molecule has 118 valence electrons. The molecule has 22 heavy (non-hydrogen) atoms. The van der Waals surface area contributed by atoms with Crippen LogP contribution in [0.2, 0.25) is 0 Å². The highest BCUT2D eigenvalue weighted by molar-refractivity contribution is 5.83. The summed E-state index contributed by atoms with van der Waals surface area (Å²) in [4.78, 5) is 11.0. The van der Waals surface area contributed by atoms with E-state index < -0.39 is 12.4 Å². The van der Waals surface area contributed by atoms with Crippen molar-refractivity contribution in [1.29, 1.82) is 0 Å². The molecule has 0 spiro atoms. The summed E-state index contributed by atoms with van der Waals surface area (Å²) in [5.41, 5.74) is 6.00. The molecular formula is C15H17F2N3O2. The zero-order valence-electron chi connectivity index (χ0n) is 11.9. The second-order valence-electron chi connectivity index (χ2n) is 5.79. The number of hydrogen-bond donors (Lipinski definition) is 2. The van der Waals surface area contributed by atoms with Gasteiger partial charge in [-0.1, -0.05) is 0 Å². The van der Waals surface area contributed by atoms with E-state index in [0.717, 1.165) is 18.2 Å². The Morgan fingerprint density at radius 1 is 1.32 bits per heavy atom. The average Bonchev–Trinajstić information content (AvgIpc) is 2.89. The van der Waals surface area contributed by atoms with Crippen LogP contribution in [-0.4, -0.2) is 20.9 Å². The van der Waals surface area contributed by atoms with E-state index in [4.69, 9.17) is 10.8 Å². The van der Waals surface area contributed by atoms with Gasteiger partial charge in [-0.15, -0.1) is 0 Å². The molecule has 1 heterocycles. The number of alkyl halides is 2. The van der Waals surface area contributed by atoms with Gasteiger partial charge < -0.3 is 10.8 Å². The van der Waals surface area contributed by atoms with Crippen molar-refractivity contribution in [2.45, 2.75) is 38.2 Å². The van der Waals surface area contributed by atoms with E-state index >= 15 is 0 Å². The minimum Gasteiger partial charge on any atom is -0.481 e. The Labute approximate surface area is 125 Å². The highest BCUT2D eigenvalue weighted by Crippen LogP contribution is 2.34. The lowest BCUT2D eigenvalue weighted by Gasteiger charge is -2.26. The number of carbonyl (C=O) groups is 1. The SMILES string of the molecule is Nc1cc2cn(C3CCC(C(=O)O)CC3)nc2cc1C(F)F. The molecule has 5 nitrogen and oxygen atoms in total. The van der Waals surface area contributed by atoms with Gasteiger partial charge in [-0.25, -0.2) is 8.78 Å². The summed E-state index contributed by atoms with van der Waals surface area (Å²) in [5.74, 6) is -1.04. The van der Waals surface area contributed by atoms with Gasteiger partial charge in [-0.05, 0) is 37.8 Å². The Hall–Kier alpha value is -2.18. The Bertz CT molecular complexity index is 706. The molecule has 1 aromatic carbocycles. The van der Waals surface area contributed by atoms with Gasteiger partial charge in [0.25, 0.3) is 6.43 Å². The lowest BCUT2D eigenvalue weighted by atomic mass is 9.86. The molecule has 1 fully saturated rings. The van der Waals surface area contributed by atoms with Gasteiger partial charge in [0, 0.05) is 22.8 Å². The van der Waals surface area contributed by atoms with Crippen molar-refractivity contribution < 1.29 is 18.7 Å². The van der Waals surface area contributed by atoms with Crippen molar-refractivity contribution in [2.24, 2.45) is 5.92 Å². The fourth-order valence-electron chi connectivity index (χ4n) is 3.09. The molecule has 0 bridgehead atoms. The summed E-state index contributed by atoms with van der Waals surface area (Å²) in [6.07, 6.45) is 1.85. The Morgan fingerprint density at radius 3 is 2.59 bits per heavy atom. The number of rotatable bonds is 3. The molecule has 3 N–H and O–H groups in total. The highest BCUT2D eigenvalue weighted by Gasteiger charge is 2.27. The fourth-order valence-corrected chi connectivity index (χ4v) is 3.09. The number of benzene rings is 1. The summed E-state index contributed by atoms with van der Waals surface area (Å²) in [5, 5.41) is 14.1. The molecular weight excluding hydrogens is 292 g/mol. The van der Waals surface area contributed by atoms with E-state index in [0.29, 0.717) is 18.4 Å². The third-order valence-electron chi connectivity index (χ3n) is 4.38. The van der Waals surface area contributed by atoms with Crippen molar-refractivity contribution >= 4 is 22.6 Å². The molecule has 0 aliphatic heterocycles. The van der Waals surface area contributed by atoms with Crippen LogP contribution in [0.25, 0.3) is 10.9 Å². The van der Waals surface area contributed by atoms with Crippen LogP contribution >= 0.6 is 0 Å². The summed E-state index contributed by atoms with van der Waals surface area (Å²) < 4.78 is 27.5. The minimum atomic E-state index is -2.62. The molecule has 3 rings (SSSR count). The molecule has 1 aliphatic carbocycles. The van der Waals surface area contributed by atoms with Gasteiger partial charge in [0.2, 0.25) is 0 Å². The maximum atomic E-state index is 12.9. The topological polar surface area (TPSA) is 81.1 Å². The molecule has 1 aliphatic rings. The average molecular weight is 309 g/mol. The van der Waals surface area contributed by atoms with Gasteiger partial charge in [-0.3, -0.25) is 9.48 Å². The summed E-state index contributed by atoms with van der Waals surface area (Å²) >= 11 is 0. The summed E-state index contributed by atoms with van der Waals surface area (Å²) in [6.45, 7) is 0. The van der Waals surface area contributed by atoms with E-state index in [9.17, 15) is 13.6 Å². The van der Waals surface area contributed by atoms with E-state index in [1.807, 2.05) is 0 Å². The van der Waals surface area contributed by atoms with Gasteiger partial charge in [0.15, 0.2) is 0 Å². The molecule has 0 saturated heterocycles. The number of nitrogens with zero attached hydrogens (tertiary/aromatic N) is 2. The standard InChI is InChI=1S/C15H17F2N3O2/c16-14(17)11-6-13-9(5-12(11)18)7-20(19-13)10-3-1-8(2-4-10)15(21)22/h5-8,10,14H,1-4,18H2,(H,21,22). The van der Waals surface area contributed by atoms with Gasteiger partial charge in [0.05, 0.1) is 17.5 Å². The normalized spacial score (nSPS) is 22.3. The van der Waals surface area contributed by atoms with Crippen molar-refractivity contribution in [3.63, 3.8) is 0 Å². The number of carboxylic acids is 1. The van der Waals surface area contributed by atoms with Crippen LogP contribution in [-0.2, 0) is 4.79 Å². The number of nitrogen functional groups attached to an aromatic ring is 1. The number of fused-ring (bicyclic) bond motifs is 1. The Morgan fingerprint density at radius 2 is 2.00 bits per heavy atom. The van der Waals surface area contributed by atoms with E-state index in [1.165, 1.54) is 12.1 Å². The minimum absolute atomic E-state index is 0.0663. The predicted molar refractivity (Wildman–Crippen MR) is 77.7 cm³/mol. The Balaban J connectivity index is 1.85. The van der Waals surface area contributed by atoms with Crippen molar-refractivity contribution in [3.8, 4) is 0 Å². The molecule has 0 atom stereocenters. The molecule has 1 aromatic heterocycles. The monoisotopic (exact) mass is 309 g/mol. The van der Waals surface area contributed by atoms with E-state index in [2.05, 4.69) is 5.10 Å². The molecule has 0 radical (unpaired) electrons. The number of aliphatic carboxylic acids is 1. The number of carboxylic acid groups (broad SMARTS) is 1. The lowest BCUT2D eigenvalue weighted by Crippen LogP contribution is -2.23. The van der Waals surface area contributed by atoms with Crippen LogP contribution in [0, 0.1) is 5.92 Å². The van der Waals surface area contributed by atoms with E-state index in [-0.39, 0.29) is 23.2 Å². The zero-order valence-corrected chi connectivity index (χ0v) is 11.9. The van der Waals surface area contributed by atoms with Gasteiger partial charge in [-0.2, -0.15) is 5.10 Å². The number of anilines is 1. The molecule has 7 heteroatoms. The first kappa shape index (κ1) is 14.7. The summed E-state index contributed by atoms with van der Waals surface area (Å²) in [6, 6.07) is 2.96. The fraction of sp³-hybridized carbons (Fsp3) is 0.467. The first-order valence-corrected chi connectivity index (χ1v) is 7.25. The second-order valence-corrected chi connectivity index (χ2v) is 5.79. The van der Waals surface area contributed by atoms with Crippen LogP contribution in [0.5, 0.6) is 0 Å². The van der Waals surface area contributed by atoms with Crippen LogP contribution in [0.3, 0.4) is 0 Å². The van der Waals surface area contributed by atoms with Crippen LogP contribution in [0.15, 0.2) is 18.3 Å². The quantitative estimate of drug-likeness (QED) is 0.852. The zero-order chi connectivity index (χ0) is 15.9. The van der Waals surface area contributed by atoms with Crippen LogP contribution in [0.1, 0.15) is 43.7 Å². The van der Waals surface area contributed by atoms with E-state index in [1.54, 1.807) is 10.9 Å². The van der Waals surface area contributed by atoms with Crippen LogP contribution < -0.4 is 5.73 Å². The second kappa shape index (κ2) is 5.55. The maximum Gasteiger partial charge on any atom is 0.306 e. The summed E-state index contributed by atoms with van der Waals surface area (Å²) in [7, 11) is 0. The number of nitrogens with two attached hydrogens (primary N) is 1. The molecule has 2 aromatic rings. The number of halogens is 2. The maximum absolute atomic E-state index is 12.9. The van der Waals surface area contributed by atoms with Crippen molar-refractivity contribution in [1.82, 2.24) is 9.78 Å².